The Kier molecular flexibility index (Phi) is 9.47. The van der Waals surface area contributed by atoms with Gasteiger partial charge in [0.15, 0.2) is 0 Å². The summed E-state index contributed by atoms with van der Waals surface area (Å²) >= 11 is 5.92. The van der Waals surface area contributed by atoms with Gasteiger partial charge in [-0.2, -0.15) is 0 Å². The maximum absolute atomic E-state index is 13.2. The first kappa shape index (κ1) is 29.5. The van der Waals surface area contributed by atoms with Crippen LogP contribution in [0.3, 0.4) is 0 Å². The number of nitrogens with one attached hydrogen (secondary N) is 2. The number of nitro groups is 1. The number of nitrogens with zero attached hydrogens (tertiary/aromatic N) is 4. The second-order valence-corrected chi connectivity index (χ2v) is 11.8. The molecule has 2 N–H and O–H groups in total. The Labute approximate surface area is 239 Å². The van der Waals surface area contributed by atoms with E-state index in [1.54, 1.807) is 18.3 Å². The van der Waals surface area contributed by atoms with E-state index >= 15 is 0 Å². The largest absolute Gasteiger partial charge is 0.444 e. The number of piperidine rings is 2. The zero-order chi connectivity index (χ0) is 28.9. The molecule has 2 saturated heterocycles. The molecule has 0 radical (unpaired) electrons. The number of carbonyl (C=O) groups is 2. The van der Waals surface area contributed by atoms with Gasteiger partial charge in [0, 0.05) is 48.9 Å². The molecule has 0 aliphatic carbocycles. The van der Waals surface area contributed by atoms with E-state index in [4.69, 9.17) is 16.3 Å². The molecule has 0 unspecified atom stereocenters. The number of halogens is 1. The number of benzene rings is 1. The average Bonchev–Trinajstić information content (AvgIpc) is 2.89. The van der Waals surface area contributed by atoms with E-state index in [0.29, 0.717) is 36.2 Å². The predicted molar refractivity (Wildman–Crippen MR) is 153 cm³/mol. The van der Waals surface area contributed by atoms with Crippen LogP contribution in [0.4, 0.5) is 22.0 Å². The summed E-state index contributed by atoms with van der Waals surface area (Å²) in [6.45, 7) is 9.01. The Hall–Kier alpha value is -3.44. The Balaban J connectivity index is 1.22. The summed E-state index contributed by atoms with van der Waals surface area (Å²) in [7, 11) is 0. The van der Waals surface area contributed by atoms with Gasteiger partial charge in [0.25, 0.3) is 5.69 Å². The number of hydrogen-bond acceptors (Lipinski definition) is 8. The van der Waals surface area contributed by atoms with Crippen LogP contribution in [0.25, 0.3) is 0 Å². The highest BCUT2D eigenvalue weighted by Gasteiger charge is 2.31. The molecule has 0 spiro atoms. The van der Waals surface area contributed by atoms with E-state index in [9.17, 15) is 19.7 Å². The van der Waals surface area contributed by atoms with Crippen molar-refractivity contribution in [2.75, 3.05) is 36.8 Å². The normalized spacial score (nSPS) is 17.4. The van der Waals surface area contributed by atoms with E-state index in [-0.39, 0.29) is 23.6 Å². The monoisotopic (exact) mass is 572 g/mol. The molecule has 1 aromatic heterocycles. The Bertz CT molecular complexity index is 1220. The van der Waals surface area contributed by atoms with Crippen LogP contribution in [-0.4, -0.2) is 69.5 Å². The lowest BCUT2D eigenvalue weighted by Crippen LogP contribution is -2.47. The van der Waals surface area contributed by atoms with Crippen molar-refractivity contribution in [3.8, 4) is 0 Å². The molecule has 1 aromatic carbocycles. The predicted octanol–water partition coefficient (Wildman–Crippen LogP) is 5.31. The highest BCUT2D eigenvalue weighted by Crippen LogP contribution is 2.30. The third-order valence-electron chi connectivity index (χ3n) is 7.12. The topological polar surface area (TPSA) is 130 Å². The second kappa shape index (κ2) is 12.8. The summed E-state index contributed by atoms with van der Waals surface area (Å²) in [5, 5.41) is 17.7. The van der Waals surface area contributed by atoms with Crippen LogP contribution >= 0.6 is 11.6 Å². The van der Waals surface area contributed by atoms with E-state index in [1.807, 2.05) is 37.8 Å². The number of amides is 2. The zero-order valence-corrected chi connectivity index (χ0v) is 23.9. The van der Waals surface area contributed by atoms with Crippen molar-refractivity contribution < 1.29 is 19.2 Å². The van der Waals surface area contributed by atoms with Crippen molar-refractivity contribution in [1.82, 2.24) is 14.8 Å². The molecule has 0 saturated carbocycles. The van der Waals surface area contributed by atoms with Crippen LogP contribution in [0.5, 0.6) is 0 Å². The summed E-state index contributed by atoms with van der Waals surface area (Å²) in [5.41, 5.74) is 0.853. The number of rotatable bonds is 7. The molecule has 40 heavy (non-hydrogen) atoms. The molecule has 2 aliphatic heterocycles. The van der Waals surface area contributed by atoms with Gasteiger partial charge < -0.3 is 15.0 Å². The van der Waals surface area contributed by atoms with Crippen LogP contribution in [0.2, 0.25) is 5.02 Å². The second-order valence-electron chi connectivity index (χ2n) is 11.4. The van der Waals surface area contributed by atoms with Gasteiger partial charge in [0.2, 0.25) is 5.91 Å². The molecular formula is C28H37ClN6O5. The van der Waals surface area contributed by atoms with Crippen molar-refractivity contribution >= 4 is 40.8 Å². The molecule has 11 nitrogen and oxygen atoms in total. The van der Waals surface area contributed by atoms with E-state index < -0.39 is 16.6 Å². The summed E-state index contributed by atoms with van der Waals surface area (Å²) in [6.07, 6.45) is 4.17. The van der Waals surface area contributed by atoms with Gasteiger partial charge in [-0.15, -0.1) is 0 Å². The molecule has 2 fully saturated rings. The van der Waals surface area contributed by atoms with Crippen molar-refractivity contribution in [2.24, 2.45) is 5.92 Å². The van der Waals surface area contributed by atoms with Crippen molar-refractivity contribution in [3.05, 3.63) is 57.2 Å². The first-order chi connectivity index (χ1) is 19.0. The number of nitro benzene ring substituents is 1. The van der Waals surface area contributed by atoms with Crippen molar-refractivity contribution in [1.29, 1.82) is 0 Å². The molecule has 3 heterocycles. The third-order valence-corrected chi connectivity index (χ3v) is 7.35. The van der Waals surface area contributed by atoms with Crippen LogP contribution in [0.1, 0.15) is 52.0 Å². The minimum atomic E-state index is -0.586. The van der Waals surface area contributed by atoms with E-state index in [0.717, 1.165) is 44.3 Å². The van der Waals surface area contributed by atoms with Gasteiger partial charge in [0.05, 0.1) is 4.92 Å². The quantitative estimate of drug-likeness (QED) is 0.337. The fourth-order valence-electron chi connectivity index (χ4n) is 5.15. The maximum Gasteiger partial charge on any atom is 0.413 e. The molecule has 12 heteroatoms. The van der Waals surface area contributed by atoms with Gasteiger partial charge in [-0.3, -0.25) is 25.1 Å². The van der Waals surface area contributed by atoms with Crippen LogP contribution in [-0.2, 0) is 16.1 Å². The summed E-state index contributed by atoms with van der Waals surface area (Å²) in [5.74, 6) is 0.642. The number of aromatic nitrogens is 1. The fraction of sp³-hybridized carbons (Fsp3) is 0.536. The molecule has 0 atom stereocenters. The lowest BCUT2D eigenvalue weighted by atomic mass is 9.93. The molecule has 2 aromatic rings. The molecule has 0 bridgehead atoms. The number of likely N-dealkylation sites (tertiary alicyclic amines) is 2. The number of hydrogen-bond donors (Lipinski definition) is 2. The minimum Gasteiger partial charge on any atom is -0.444 e. The number of carbonyl (C=O) groups excluding carboxylic acids is 2. The Morgan fingerprint density at radius 2 is 1.80 bits per heavy atom. The lowest BCUT2D eigenvalue weighted by molar-refractivity contribution is -0.384. The molecule has 2 aliphatic rings. The summed E-state index contributed by atoms with van der Waals surface area (Å²) in [6, 6.07) is 8.45. The first-order valence-electron chi connectivity index (χ1n) is 13.6. The highest BCUT2D eigenvalue weighted by atomic mass is 35.5. The van der Waals surface area contributed by atoms with E-state index in [1.165, 1.54) is 6.07 Å². The van der Waals surface area contributed by atoms with E-state index in [2.05, 4.69) is 20.5 Å². The fourth-order valence-corrected chi connectivity index (χ4v) is 5.31. The van der Waals surface area contributed by atoms with Crippen LogP contribution < -0.4 is 10.6 Å². The maximum atomic E-state index is 13.2. The molecular weight excluding hydrogens is 536 g/mol. The lowest BCUT2D eigenvalue weighted by Gasteiger charge is -2.37. The smallest absolute Gasteiger partial charge is 0.413 e. The molecule has 216 valence electrons. The Morgan fingerprint density at radius 3 is 2.45 bits per heavy atom. The highest BCUT2D eigenvalue weighted by molar-refractivity contribution is 6.30. The molecule has 2 amide bonds. The third kappa shape index (κ3) is 8.28. The van der Waals surface area contributed by atoms with Crippen LogP contribution in [0.15, 0.2) is 36.5 Å². The standard InChI is InChI=1S/C28H37ClN6O5/c1-28(2,3)40-27(37)32-25-16-19(6-11-30-25)18-33-12-7-20(8-13-33)26(36)34-14-9-22(10-15-34)31-23-5-4-21(29)17-24(23)35(38)39/h4-6,11,16-17,20,22,31H,7-10,12-15,18H2,1-3H3,(H,30,32,37). The van der Waals surface area contributed by atoms with Crippen LogP contribution in [0, 0.1) is 16.0 Å². The first-order valence-corrected chi connectivity index (χ1v) is 14.0. The van der Waals surface area contributed by atoms with Gasteiger partial charge in [-0.25, -0.2) is 9.78 Å². The van der Waals surface area contributed by atoms with Gasteiger partial charge in [-0.05, 0) is 89.4 Å². The molecule has 4 rings (SSSR count). The number of anilines is 2. The van der Waals surface area contributed by atoms with Gasteiger partial charge >= 0.3 is 6.09 Å². The van der Waals surface area contributed by atoms with Crippen molar-refractivity contribution in [2.45, 2.75) is 64.6 Å². The minimum absolute atomic E-state index is 0.0000483. The van der Waals surface area contributed by atoms with Crippen molar-refractivity contribution in [3.63, 3.8) is 0 Å². The summed E-state index contributed by atoms with van der Waals surface area (Å²) in [4.78, 5) is 44.7. The average molecular weight is 573 g/mol. The van der Waals surface area contributed by atoms with Gasteiger partial charge in [0.1, 0.15) is 17.1 Å². The Morgan fingerprint density at radius 1 is 1.10 bits per heavy atom. The number of ether oxygens (including phenoxy) is 1. The number of pyridine rings is 1. The SMILES string of the molecule is CC(C)(C)OC(=O)Nc1cc(CN2CCC(C(=O)N3CCC(Nc4ccc(Cl)cc4[N+](=O)[O-])CC3)CC2)ccn1. The zero-order valence-electron chi connectivity index (χ0n) is 23.2. The summed E-state index contributed by atoms with van der Waals surface area (Å²) < 4.78 is 5.30. The van der Waals surface area contributed by atoms with Gasteiger partial charge in [-0.1, -0.05) is 11.6 Å².